The second kappa shape index (κ2) is 11.5. The van der Waals surface area contributed by atoms with E-state index in [0.717, 1.165) is 44.1 Å². The van der Waals surface area contributed by atoms with Crippen molar-refractivity contribution in [3.8, 4) is 17.5 Å². The van der Waals surface area contributed by atoms with E-state index >= 15 is 0 Å². The normalized spacial score (nSPS) is 25.3. The van der Waals surface area contributed by atoms with E-state index in [1.807, 2.05) is 30.3 Å². The summed E-state index contributed by atoms with van der Waals surface area (Å²) in [5, 5.41) is 19.7. The zero-order valence-electron chi connectivity index (χ0n) is 21.5. The second-order valence-electron chi connectivity index (χ2n) is 10.5. The van der Waals surface area contributed by atoms with Gasteiger partial charge >= 0.3 is 5.69 Å². The Labute approximate surface area is 222 Å². The largest absolute Gasteiger partial charge is 0.394 e. The number of hydrogen-bond donors (Lipinski definition) is 2. The van der Waals surface area contributed by atoms with Crippen LogP contribution in [0.4, 0.5) is 0 Å². The average Bonchev–Trinajstić information content (AvgIpc) is 3.28. The van der Waals surface area contributed by atoms with Crippen molar-refractivity contribution in [2.45, 2.75) is 69.8 Å². The summed E-state index contributed by atoms with van der Waals surface area (Å²) in [7, 11) is 0. The van der Waals surface area contributed by atoms with E-state index < -0.39 is 29.7 Å². The van der Waals surface area contributed by atoms with Crippen molar-refractivity contribution in [2.24, 2.45) is 5.41 Å². The van der Waals surface area contributed by atoms with Crippen molar-refractivity contribution < 1.29 is 14.9 Å². The molecule has 5 rings (SSSR count). The van der Waals surface area contributed by atoms with Gasteiger partial charge in [0.15, 0.2) is 0 Å². The van der Waals surface area contributed by atoms with Gasteiger partial charge in [0.1, 0.15) is 12.3 Å². The van der Waals surface area contributed by atoms with E-state index in [9.17, 15) is 19.8 Å². The Morgan fingerprint density at radius 3 is 2.50 bits per heavy atom. The van der Waals surface area contributed by atoms with Gasteiger partial charge in [0.25, 0.3) is 5.56 Å². The predicted octanol–water partition coefficient (Wildman–Crippen LogP) is 3.38. The lowest BCUT2D eigenvalue weighted by molar-refractivity contribution is -0.0461. The molecular formula is C31H34N2O5. The summed E-state index contributed by atoms with van der Waals surface area (Å²) in [4.78, 5) is 26.8. The highest BCUT2D eigenvalue weighted by molar-refractivity contribution is 5.42. The standard InChI is InChI=1S/C31H34N2O5/c34-22-27-26(35)19-29(38-27)32-18-15-28(36)33(30(32)37)25-14-8-7-13-24(25)21-31(16-9-2-1-3-10-17-31)20-23-11-5-4-6-12-23/h4-8,11-15,18,26-27,29,34-35H,2,9-10,16-17,19-22H2/t26-,27+,29+,31?/m0/s1. The highest BCUT2D eigenvalue weighted by Gasteiger charge is 2.36. The number of aromatic nitrogens is 2. The fourth-order valence-electron chi connectivity index (χ4n) is 5.89. The Bertz CT molecular complexity index is 1430. The van der Waals surface area contributed by atoms with E-state index in [0.29, 0.717) is 12.1 Å². The van der Waals surface area contributed by atoms with E-state index in [1.165, 1.54) is 27.0 Å². The molecule has 7 nitrogen and oxygen atoms in total. The maximum atomic E-state index is 13.7. The summed E-state index contributed by atoms with van der Waals surface area (Å²) in [6.45, 7) is -0.344. The molecule has 0 saturated carbocycles. The van der Waals surface area contributed by atoms with Crippen molar-refractivity contribution in [2.75, 3.05) is 6.61 Å². The Morgan fingerprint density at radius 1 is 0.947 bits per heavy atom. The Kier molecular flexibility index (Phi) is 7.94. The van der Waals surface area contributed by atoms with Crippen LogP contribution in [0.2, 0.25) is 0 Å². The van der Waals surface area contributed by atoms with Crippen LogP contribution in [0.3, 0.4) is 0 Å². The number of para-hydroxylation sites is 1. The summed E-state index contributed by atoms with van der Waals surface area (Å²) >= 11 is 0. The molecule has 2 aromatic carbocycles. The highest BCUT2D eigenvalue weighted by atomic mass is 16.5. The topological polar surface area (TPSA) is 93.7 Å². The van der Waals surface area contributed by atoms with Crippen molar-refractivity contribution in [3.05, 3.63) is 98.8 Å². The van der Waals surface area contributed by atoms with E-state index in [-0.39, 0.29) is 18.4 Å². The SMILES string of the molecule is O=c1ccn([C@H]2C[C@H](O)[C@@H](CO)O2)c(=O)n1-c1ccccc1CC1(Cc2ccccc2)CCC#CCCC1. The highest BCUT2D eigenvalue weighted by Crippen LogP contribution is 2.39. The molecule has 38 heavy (non-hydrogen) atoms. The third kappa shape index (κ3) is 5.53. The minimum atomic E-state index is -0.884. The molecule has 4 atom stereocenters. The molecule has 7 heteroatoms. The molecule has 1 unspecified atom stereocenters. The van der Waals surface area contributed by atoms with Crippen LogP contribution in [0.1, 0.15) is 55.9 Å². The van der Waals surface area contributed by atoms with E-state index in [2.05, 4.69) is 36.1 Å². The molecule has 2 N–H and O–H groups in total. The van der Waals surface area contributed by atoms with E-state index in [1.54, 1.807) is 0 Å². The first-order chi connectivity index (χ1) is 18.5. The molecule has 2 aliphatic rings. The molecule has 1 aliphatic heterocycles. The number of ether oxygens (including phenoxy) is 1. The first kappa shape index (κ1) is 26.2. The monoisotopic (exact) mass is 514 g/mol. The van der Waals surface area contributed by atoms with Gasteiger partial charge in [0, 0.05) is 31.5 Å². The first-order valence-electron chi connectivity index (χ1n) is 13.4. The van der Waals surface area contributed by atoms with Gasteiger partial charge < -0.3 is 14.9 Å². The van der Waals surface area contributed by atoms with Gasteiger partial charge in [-0.15, -0.1) is 11.8 Å². The van der Waals surface area contributed by atoms with Crippen LogP contribution in [0.25, 0.3) is 5.69 Å². The smallest absolute Gasteiger partial charge is 0.337 e. The van der Waals surface area contributed by atoms with Crippen LogP contribution in [0.5, 0.6) is 0 Å². The van der Waals surface area contributed by atoms with E-state index in [4.69, 9.17) is 4.74 Å². The number of benzene rings is 2. The Hall–Kier alpha value is -3.44. The number of nitrogens with zero attached hydrogens (tertiary/aromatic N) is 2. The number of hydrogen-bond acceptors (Lipinski definition) is 5. The van der Waals surface area contributed by atoms with Gasteiger partial charge in [0.2, 0.25) is 0 Å². The quantitative estimate of drug-likeness (QED) is 0.472. The fraction of sp³-hybridized carbons (Fsp3) is 0.419. The van der Waals surface area contributed by atoms with Gasteiger partial charge in [-0.2, -0.15) is 0 Å². The van der Waals surface area contributed by atoms with Gasteiger partial charge in [-0.3, -0.25) is 9.36 Å². The van der Waals surface area contributed by atoms with Crippen LogP contribution >= 0.6 is 0 Å². The third-order valence-corrected chi connectivity index (χ3v) is 7.84. The zero-order chi connectivity index (χ0) is 26.5. The van der Waals surface area contributed by atoms with Gasteiger partial charge in [-0.1, -0.05) is 48.5 Å². The molecule has 1 fully saturated rings. The van der Waals surface area contributed by atoms with Crippen LogP contribution in [0, 0.1) is 17.3 Å². The fourth-order valence-corrected chi connectivity index (χ4v) is 5.89. The molecule has 1 aromatic heterocycles. The van der Waals surface area contributed by atoms with Crippen molar-refractivity contribution in [3.63, 3.8) is 0 Å². The zero-order valence-corrected chi connectivity index (χ0v) is 21.5. The lowest BCUT2D eigenvalue weighted by Gasteiger charge is -2.35. The van der Waals surface area contributed by atoms with Crippen molar-refractivity contribution >= 4 is 0 Å². The maximum Gasteiger partial charge on any atom is 0.337 e. The van der Waals surface area contributed by atoms with Crippen molar-refractivity contribution in [1.82, 2.24) is 9.13 Å². The molecule has 3 aromatic rings. The number of aliphatic hydroxyl groups is 2. The lowest BCUT2D eigenvalue weighted by atomic mass is 9.69. The molecular weight excluding hydrogens is 480 g/mol. The maximum absolute atomic E-state index is 13.7. The minimum Gasteiger partial charge on any atom is -0.394 e. The first-order valence-corrected chi connectivity index (χ1v) is 13.4. The Balaban J connectivity index is 1.54. The van der Waals surface area contributed by atoms with Gasteiger partial charge in [-0.05, 0) is 54.7 Å². The van der Waals surface area contributed by atoms with Crippen LogP contribution in [0.15, 0.2) is 76.4 Å². The number of aliphatic hydroxyl groups excluding tert-OH is 2. The summed E-state index contributed by atoms with van der Waals surface area (Å²) in [5.41, 5.74) is 1.77. The molecule has 2 heterocycles. The molecule has 0 bridgehead atoms. The Morgan fingerprint density at radius 2 is 1.71 bits per heavy atom. The molecule has 198 valence electrons. The average molecular weight is 515 g/mol. The molecule has 0 radical (unpaired) electrons. The summed E-state index contributed by atoms with van der Waals surface area (Å²) in [6.07, 6.45) is 5.42. The molecule has 1 saturated heterocycles. The molecule has 0 amide bonds. The second-order valence-corrected chi connectivity index (χ2v) is 10.5. The summed E-state index contributed by atoms with van der Waals surface area (Å²) < 4.78 is 8.26. The number of rotatable bonds is 7. The summed E-state index contributed by atoms with van der Waals surface area (Å²) in [5.74, 6) is 6.58. The van der Waals surface area contributed by atoms with Crippen LogP contribution < -0.4 is 11.2 Å². The van der Waals surface area contributed by atoms with Crippen LogP contribution in [-0.2, 0) is 17.6 Å². The van der Waals surface area contributed by atoms with Gasteiger partial charge in [0.05, 0.1) is 18.4 Å². The van der Waals surface area contributed by atoms with Crippen LogP contribution in [-0.4, -0.2) is 38.2 Å². The predicted molar refractivity (Wildman–Crippen MR) is 145 cm³/mol. The summed E-state index contributed by atoms with van der Waals surface area (Å²) in [6, 6.07) is 19.4. The van der Waals surface area contributed by atoms with Crippen molar-refractivity contribution in [1.29, 1.82) is 0 Å². The lowest BCUT2D eigenvalue weighted by Crippen LogP contribution is -2.40. The molecule has 1 aliphatic carbocycles. The molecule has 0 spiro atoms. The minimum absolute atomic E-state index is 0.0585. The third-order valence-electron chi connectivity index (χ3n) is 7.84. The van der Waals surface area contributed by atoms with Gasteiger partial charge in [-0.25, -0.2) is 9.36 Å².